The van der Waals surface area contributed by atoms with Crippen LogP contribution in [0.3, 0.4) is 0 Å². The largest absolute Gasteiger partial charge is 0.550 e. The predicted octanol–water partition coefficient (Wildman–Crippen LogP) is -0.754. The quantitative estimate of drug-likeness (QED) is 0.0263. The molecule has 90 heavy (non-hydrogen) atoms. The standard InChI is InChI=1S/2C9H16O4.2C8H14O2S2.4C6H14N2O2/c2*10-8(11)6-4-2-1-3-5-7-9(12)13;2*9-8(10)4-2-1-3-7-5-6-11-12-7;4*7-4-2-1-3-5(8)6(9)10/h2*1-7H2,(H,10,11)(H,12,13);2*7H,1-6H2,(H,9,10);4*5H,1-4,7-8H2,(H,9,10)/t;;2*7-;4*5-/m..110000/s1. The Morgan fingerprint density at radius 3 is 0.722 bits per heavy atom. The molecule has 2 rings (SSSR count). The van der Waals surface area contributed by atoms with Crippen LogP contribution >= 0.6 is 43.2 Å². The molecular weight excluding hydrogens is 1260 g/mol. The van der Waals surface area contributed by atoms with Gasteiger partial charge in [0.25, 0.3) is 0 Å². The second-order valence-corrected chi connectivity index (χ2v) is 26.7. The summed E-state index contributed by atoms with van der Waals surface area (Å²) in [6.07, 6.45) is 27.0. The third-order valence-electron chi connectivity index (χ3n) is 12.6. The zero-order chi connectivity index (χ0) is 69.8. The average Bonchev–Trinajstić information content (AvgIpc) is 4.23. The maximum Gasteiger partial charge on any atom is 0.320 e. The summed E-state index contributed by atoms with van der Waals surface area (Å²) in [5, 5.41) is 91.6. The third kappa shape index (κ3) is 90.2. The van der Waals surface area contributed by atoms with Gasteiger partial charge < -0.3 is 116 Å². The number of rotatable bonds is 46. The first kappa shape index (κ1) is 96.9. The number of aliphatic carboxylic acids is 10. The lowest BCUT2D eigenvalue weighted by Gasteiger charge is -2.06. The van der Waals surface area contributed by atoms with Gasteiger partial charge in [0.05, 0.1) is 26.2 Å². The Morgan fingerprint density at radius 1 is 0.333 bits per heavy atom. The van der Waals surface area contributed by atoms with E-state index in [1.165, 1.54) is 37.2 Å². The molecule has 0 radical (unpaired) electrons. The van der Waals surface area contributed by atoms with Gasteiger partial charge in [0.1, 0.15) is 24.2 Å². The van der Waals surface area contributed by atoms with Crippen LogP contribution in [0.15, 0.2) is 0 Å². The molecular formula is C58H116N8O20S4. The maximum atomic E-state index is 10.2. The number of carbonyl (C=O) groups excluding carboxylic acids is 4. The highest BCUT2D eigenvalue weighted by molar-refractivity contribution is 8.77. The Balaban J connectivity index is -0.000000225. The van der Waals surface area contributed by atoms with Crippen LogP contribution in [0, 0.1) is 0 Å². The van der Waals surface area contributed by atoms with E-state index in [-0.39, 0.29) is 38.5 Å². The van der Waals surface area contributed by atoms with E-state index >= 15 is 0 Å². The van der Waals surface area contributed by atoms with Crippen molar-refractivity contribution in [3.8, 4) is 0 Å². The zero-order valence-electron chi connectivity index (χ0n) is 53.3. The molecule has 32 heteroatoms. The number of hydrogen-bond donors (Lipinski definition) is 14. The smallest absolute Gasteiger partial charge is 0.320 e. The number of carbonyl (C=O) groups is 10. The Morgan fingerprint density at radius 2 is 0.544 bits per heavy atom. The first-order chi connectivity index (χ1) is 42.6. The van der Waals surface area contributed by atoms with Gasteiger partial charge in [-0.2, -0.15) is 0 Å². The van der Waals surface area contributed by atoms with E-state index in [2.05, 4.69) is 22.9 Å². The molecule has 2 aliphatic heterocycles. The molecule has 0 aromatic rings. The van der Waals surface area contributed by atoms with Crippen LogP contribution in [-0.4, -0.2) is 163 Å². The molecule has 0 bridgehead atoms. The van der Waals surface area contributed by atoms with Crippen LogP contribution in [0.25, 0.3) is 0 Å². The molecule has 0 aromatic carbocycles. The first-order valence-corrected chi connectivity index (χ1v) is 36.2. The molecule has 0 aromatic heterocycles. The van der Waals surface area contributed by atoms with E-state index in [0.717, 1.165) is 152 Å². The van der Waals surface area contributed by atoms with Crippen LogP contribution in [0.1, 0.15) is 231 Å². The number of quaternary nitrogens is 4. The van der Waals surface area contributed by atoms with E-state index in [1.807, 2.05) is 43.2 Å². The molecule has 6 atom stereocenters. The second kappa shape index (κ2) is 73.8. The van der Waals surface area contributed by atoms with Crippen molar-refractivity contribution in [2.24, 2.45) is 22.9 Å². The van der Waals surface area contributed by atoms with E-state index in [9.17, 15) is 68.4 Å². The van der Waals surface area contributed by atoms with Crippen molar-refractivity contribution in [1.29, 1.82) is 0 Å². The van der Waals surface area contributed by atoms with Gasteiger partial charge in [0.15, 0.2) is 0 Å². The number of carboxylic acid groups (broad SMARTS) is 10. The first-order valence-electron chi connectivity index (χ1n) is 31.5. The SMILES string of the molecule is N[C@@H](CCCC[NH3+])C(=O)O.N[C@@H](CCCC[NH3+])C(=O)O.N[C@@H](CCCC[NH3+])C(=O)O.N[C@@H](CCCC[NH3+])C(=O)O.O=C([O-])CCCCCCCC(=O)O.O=C([O-])CCCCCCCC(=O)O.O=C([O-])CCCC[C@@H]1CCSS1.O=C([O-])CCCC[C@@H]1CCSS1. The number of hydrogen-bond acceptors (Lipinski definition) is 22. The van der Waals surface area contributed by atoms with E-state index in [0.29, 0.717) is 51.4 Å². The molecule has 2 saturated heterocycles. The summed E-state index contributed by atoms with van der Waals surface area (Å²) in [7, 11) is 7.78. The molecule has 0 aliphatic carbocycles. The summed E-state index contributed by atoms with van der Waals surface area (Å²) in [4.78, 5) is 101. The van der Waals surface area contributed by atoms with Crippen LogP contribution in [0.5, 0.6) is 0 Å². The van der Waals surface area contributed by atoms with E-state index in [1.54, 1.807) is 0 Å². The molecule has 0 spiro atoms. The monoisotopic (exact) mass is 1370 g/mol. The molecule has 532 valence electrons. The van der Waals surface area contributed by atoms with E-state index in [4.69, 9.17) is 53.6 Å². The second-order valence-electron chi connectivity index (χ2n) is 21.1. The molecule has 0 saturated carbocycles. The Labute approximate surface area is 548 Å². The fourth-order valence-corrected chi connectivity index (χ4v) is 13.3. The van der Waals surface area contributed by atoms with Gasteiger partial charge in [0, 0.05) is 58.7 Å². The Kier molecular flexibility index (Phi) is 79.5. The van der Waals surface area contributed by atoms with Crippen LogP contribution in [0.2, 0.25) is 0 Å². The maximum absolute atomic E-state index is 10.2. The summed E-state index contributed by atoms with van der Waals surface area (Å²) in [5.74, 6) is -6.51. The average molecular weight is 1370 g/mol. The molecule has 26 N–H and O–H groups in total. The molecule has 2 fully saturated rings. The van der Waals surface area contributed by atoms with Crippen LogP contribution in [-0.2, 0) is 47.9 Å². The lowest BCUT2D eigenvalue weighted by atomic mass is 10.1. The highest BCUT2D eigenvalue weighted by Gasteiger charge is 2.17. The Bertz CT molecular complexity index is 1590. The number of carboxylic acids is 10. The van der Waals surface area contributed by atoms with Crippen molar-refractivity contribution in [3.63, 3.8) is 0 Å². The molecule has 2 aliphatic rings. The van der Waals surface area contributed by atoms with Crippen molar-refractivity contribution in [2.45, 2.75) is 266 Å². The number of unbranched alkanes of at least 4 members (excludes halogenated alkanes) is 14. The van der Waals surface area contributed by atoms with E-state index < -0.39 is 83.9 Å². The topological polar surface area (TPSA) is 599 Å². The number of nitrogens with two attached hydrogens (primary N) is 4. The zero-order valence-corrected chi connectivity index (χ0v) is 56.6. The van der Waals surface area contributed by atoms with Crippen molar-refractivity contribution < 1.29 is 122 Å². The van der Waals surface area contributed by atoms with Crippen LogP contribution < -0.4 is 66.3 Å². The van der Waals surface area contributed by atoms with Gasteiger partial charge in [0.2, 0.25) is 0 Å². The van der Waals surface area contributed by atoms with Gasteiger partial charge in [-0.05, 0) is 167 Å². The molecule has 2 heterocycles. The molecule has 0 unspecified atom stereocenters. The lowest BCUT2D eigenvalue weighted by molar-refractivity contribution is -0.368. The van der Waals surface area contributed by atoms with Crippen molar-refractivity contribution in [1.82, 2.24) is 0 Å². The third-order valence-corrected chi connectivity index (χ3v) is 18.7. The van der Waals surface area contributed by atoms with Gasteiger partial charge in [-0.15, -0.1) is 0 Å². The minimum absolute atomic E-state index is 0.110. The van der Waals surface area contributed by atoms with Crippen molar-refractivity contribution in [2.75, 3.05) is 37.7 Å². The van der Waals surface area contributed by atoms with Crippen LogP contribution in [0.4, 0.5) is 0 Å². The predicted molar refractivity (Wildman–Crippen MR) is 343 cm³/mol. The minimum atomic E-state index is -1.01. The molecule has 0 amide bonds. The summed E-state index contributed by atoms with van der Waals surface area (Å²) in [6, 6.07) is -2.75. The normalized spacial score (nSPS) is 14.7. The molecule has 28 nitrogen and oxygen atoms in total. The van der Waals surface area contributed by atoms with Gasteiger partial charge >= 0.3 is 35.8 Å². The van der Waals surface area contributed by atoms with Crippen molar-refractivity contribution in [3.05, 3.63) is 0 Å². The fourth-order valence-electron chi connectivity index (χ4n) is 7.22. The highest BCUT2D eigenvalue weighted by Crippen LogP contribution is 2.40. The minimum Gasteiger partial charge on any atom is -0.550 e. The highest BCUT2D eigenvalue weighted by atomic mass is 33.1. The van der Waals surface area contributed by atoms with Crippen molar-refractivity contribution >= 4 is 103 Å². The van der Waals surface area contributed by atoms with Gasteiger partial charge in [-0.3, -0.25) is 28.8 Å². The van der Waals surface area contributed by atoms with Gasteiger partial charge in [-0.25, -0.2) is 0 Å². The summed E-state index contributed by atoms with van der Waals surface area (Å²) in [5.41, 5.74) is 35.5. The summed E-state index contributed by atoms with van der Waals surface area (Å²) >= 11 is 0. The lowest BCUT2D eigenvalue weighted by Crippen LogP contribution is -2.50. The summed E-state index contributed by atoms with van der Waals surface area (Å²) < 4.78 is 0. The summed E-state index contributed by atoms with van der Waals surface area (Å²) in [6.45, 7) is 3.41. The van der Waals surface area contributed by atoms with Gasteiger partial charge in [-0.1, -0.05) is 94.5 Å². The Hall–Kier alpha value is -4.22. The fraction of sp³-hybridized carbons (Fsp3) is 0.828.